The van der Waals surface area contributed by atoms with Crippen LogP contribution >= 0.6 is 11.8 Å². The Bertz CT molecular complexity index is 1870. The molecule has 43 heavy (non-hydrogen) atoms. The van der Waals surface area contributed by atoms with Gasteiger partial charge in [-0.15, -0.1) is 11.8 Å². The minimum Gasteiger partial charge on any atom is -0.497 e. The number of hydrogen-bond acceptors (Lipinski definition) is 6. The van der Waals surface area contributed by atoms with Gasteiger partial charge in [0.1, 0.15) is 22.5 Å². The van der Waals surface area contributed by atoms with E-state index in [1.54, 1.807) is 25.8 Å². The lowest BCUT2D eigenvalue weighted by Gasteiger charge is -2.13. The first-order valence-electron chi connectivity index (χ1n) is 13.7. The number of ether oxygens (including phenoxy) is 1. The number of carbonyl (C=O) groups excluding carboxylic acids is 1. The predicted molar refractivity (Wildman–Crippen MR) is 171 cm³/mol. The molecule has 0 fully saturated rings. The molecule has 1 N–H and O–H groups in total. The van der Waals surface area contributed by atoms with Crippen LogP contribution in [0.2, 0.25) is 0 Å². The Labute approximate surface area is 254 Å². The van der Waals surface area contributed by atoms with Gasteiger partial charge in [0.15, 0.2) is 0 Å². The van der Waals surface area contributed by atoms with Crippen molar-refractivity contribution in [2.24, 2.45) is 7.05 Å². The molecule has 2 heterocycles. The summed E-state index contributed by atoms with van der Waals surface area (Å²) < 4.78 is 8.56. The van der Waals surface area contributed by atoms with Gasteiger partial charge < -0.3 is 10.1 Å². The van der Waals surface area contributed by atoms with Crippen LogP contribution in [0, 0.1) is 25.2 Å². The Kier molecular flexibility index (Phi) is 8.79. The molecule has 0 bridgehead atoms. The highest BCUT2D eigenvalue weighted by atomic mass is 32.2. The van der Waals surface area contributed by atoms with Gasteiger partial charge in [0.25, 0.3) is 5.56 Å². The molecule has 0 aliphatic rings. The van der Waals surface area contributed by atoms with Crippen molar-refractivity contribution in [1.29, 1.82) is 5.26 Å². The summed E-state index contributed by atoms with van der Waals surface area (Å²) in [6.07, 6.45) is 0.128. The Morgan fingerprint density at radius 1 is 1.00 bits per heavy atom. The first kappa shape index (κ1) is 29.4. The third kappa shape index (κ3) is 6.25. The number of nitrogens with zero attached hydrogens (tertiary/aromatic N) is 4. The third-order valence-corrected chi connectivity index (χ3v) is 8.21. The maximum absolute atomic E-state index is 13.2. The standard InChI is InChI=1S/C34H31N5O3S/c1-22-10-12-24(13-11-22)28-20-30(25-14-16-27(42-4)17-15-25)36-33(29(28)21-35)43-19-18-31(40)37-32-23(2)38(3)39(34(32)41)26-8-6-5-7-9-26/h5-17,20H,18-19H2,1-4H3,(H,37,40). The first-order valence-corrected chi connectivity index (χ1v) is 14.7. The van der Waals surface area contributed by atoms with Crippen LogP contribution in [0.3, 0.4) is 0 Å². The lowest BCUT2D eigenvalue weighted by atomic mass is 9.98. The van der Waals surface area contributed by atoms with Crippen molar-refractivity contribution in [3.8, 4) is 39.9 Å². The zero-order valence-electron chi connectivity index (χ0n) is 24.4. The van der Waals surface area contributed by atoms with Crippen molar-refractivity contribution >= 4 is 23.4 Å². The number of anilines is 1. The number of para-hydroxylation sites is 1. The summed E-state index contributed by atoms with van der Waals surface area (Å²) in [6.45, 7) is 3.82. The van der Waals surface area contributed by atoms with E-state index in [0.29, 0.717) is 33.4 Å². The van der Waals surface area contributed by atoms with Crippen molar-refractivity contribution < 1.29 is 9.53 Å². The fraction of sp³-hybridized carbons (Fsp3) is 0.176. The smallest absolute Gasteiger partial charge is 0.295 e. The normalized spacial score (nSPS) is 10.8. The third-order valence-electron chi connectivity index (χ3n) is 7.23. The van der Waals surface area contributed by atoms with Crippen LogP contribution in [0.25, 0.3) is 28.1 Å². The largest absolute Gasteiger partial charge is 0.497 e. The van der Waals surface area contributed by atoms with Crippen molar-refractivity contribution in [2.75, 3.05) is 18.2 Å². The fourth-order valence-electron chi connectivity index (χ4n) is 4.76. The number of thioether (sulfide) groups is 1. The Balaban J connectivity index is 1.39. The van der Waals surface area contributed by atoms with Gasteiger partial charge in [0.2, 0.25) is 5.91 Å². The highest BCUT2D eigenvalue weighted by Crippen LogP contribution is 2.35. The second kappa shape index (κ2) is 12.8. The van der Waals surface area contributed by atoms with E-state index in [9.17, 15) is 14.9 Å². The molecule has 0 aliphatic heterocycles. The number of pyridine rings is 1. The zero-order valence-corrected chi connectivity index (χ0v) is 25.2. The van der Waals surface area contributed by atoms with Gasteiger partial charge in [0, 0.05) is 30.3 Å². The highest BCUT2D eigenvalue weighted by molar-refractivity contribution is 7.99. The van der Waals surface area contributed by atoms with E-state index in [2.05, 4.69) is 11.4 Å². The molecule has 8 nitrogen and oxygen atoms in total. The number of rotatable bonds is 9. The van der Waals surface area contributed by atoms with Crippen molar-refractivity contribution in [1.82, 2.24) is 14.3 Å². The summed E-state index contributed by atoms with van der Waals surface area (Å²) in [5.41, 5.74) is 6.18. The molecule has 0 unspecified atom stereocenters. The summed E-state index contributed by atoms with van der Waals surface area (Å²) in [6, 6.07) is 29.2. The molecular formula is C34H31N5O3S. The highest BCUT2D eigenvalue weighted by Gasteiger charge is 2.19. The van der Waals surface area contributed by atoms with Crippen molar-refractivity contribution in [2.45, 2.75) is 25.3 Å². The average Bonchev–Trinajstić information content (AvgIpc) is 3.24. The van der Waals surface area contributed by atoms with Crippen LogP contribution in [0.1, 0.15) is 23.2 Å². The monoisotopic (exact) mass is 589 g/mol. The van der Waals surface area contributed by atoms with E-state index < -0.39 is 0 Å². The Morgan fingerprint density at radius 2 is 1.67 bits per heavy atom. The van der Waals surface area contributed by atoms with E-state index in [1.807, 2.05) is 91.9 Å². The molecular weight excluding hydrogens is 558 g/mol. The number of hydrogen-bond donors (Lipinski definition) is 1. The summed E-state index contributed by atoms with van der Waals surface area (Å²) in [5, 5.41) is 13.5. The molecule has 5 aromatic rings. The Hall–Kier alpha value is -5.07. The molecule has 1 amide bonds. The topological polar surface area (TPSA) is 102 Å². The van der Waals surface area contributed by atoms with Crippen molar-refractivity contribution in [3.05, 3.63) is 112 Å². The second-order valence-corrected chi connectivity index (χ2v) is 11.1. The number of aromatic nitrogens is 3. The molecule has 5 rings (SSSR count). The number of carbonyl (C=O) groups is 1. The lowest BCUT2D eigenvalue weighted by molar-refractivity contribution is -0.115. The fourth-order valence-corrected chi connectivity index (χ4v) is 5.70. The number of nitriles is 1. The van der Waals surface area contributed by atoms with Crippen LogP contribution in [0.5, 0.6) is 5.75 Å². The van der Waals surface area contributed by atoms with Crippen LogP contribution < -0.4 is 15.6 Å². The van der Waals surface area contributed by atoms with Gasteiger partial charge in [-0.3, -0.25) is 14.3 Å². The molecule has 216 valence electrons. The van der Waals surface area contributed by atoms with E-state index in [-0.39, 0.29) is 23.6 Å². The summed E-state index contributed by atoms with van der Waals surface area (Å²) in [4.78, 5) is 31.0. The molecule has 9 heteroatoms. The molecule has 0 aliphatic carbocycles. The first-order chi connectivity index (χ1) is 20.8. The van der Waals surface area contributed by atoms with Gasteiger partial charge in [0.05, 0.1) is 29.7 Å². The van der Waals surface area contributed by atoms with Crippen molar-refractivity contribution in [3.63, 3.8) is 0 Å². The maximum Gasteiger partial charge on any atom is 0.295 e. The summed E-state index contributed by atoms with van der Waals surface area (Å²) in [5.74, 6) is 0.814. The zero-order chi connectivity index (χ0) is 30.5. The molecule has 0 saturated heterocycles. The van der Waals surface area contributed by atoms with E-state index >= 15 is 0 Å². The number of methoxy groups -OCH3 is 1. The number of aryl methyl sites for hydroxylation is 1. The van der Waals surface area contributed by atoms with Gasteiger partial charge in [-0.25, -0.2) is 9.67 Å². The number of amides is 1. The number of nitrogens with one attached hydrogen (secondary N) is 1. The van der Waals surface area contributed by atoms with Gasteiger partial charge in [-0.2, -0.15) is 5.26 Å². The minimum atomic E-state index is -0.296. The van der Waals surface area contributed by atoms with Gasteiger partial charge >= 0.3 is 0 Å². The molecule has 0 atom stereocenters. The Morgan fingerprint density at radius 3 is 2.33 bits per heavy atom. The van der Waals surface area contributed by atoms with Gasteiger partial charge in [-0.1, -0.05) is 48.0 Å². The minimum absolute atomic E-state index is 0.128. The van der Waals surface area contributed by atoms with E-state index in [0.717, 1.165) is 28.0 Å². The quantitative estimate of drug-likeness (QED) is 0.196. The number of benzene rings is 3. The van der Waals surface area contributed by atoms with Gasteiger partial charge in [-0.05, 0) is 61.9 Å². The summed E-state index contributed by atoms with van der Waals surface area (Å²) in [7, 11) is 3.40. The van der Waals surface area contributed by atoms with Crippen LogP contribution in [0.15, 0.2) is 94.7 Å². The summed E-state index contributed by atoms with van der Waals surface area (Å²) >= 11 is 1.34. The lowest BCUT2D eigenvalue weighted by Crippen LogP contribution is -2.23. The SMILES string of the molecule is COc1ccc(-c2cc(-c3ccc(C)cc3)c(C#N)c(SCCC(=O)Nc3c(C)n(C)n(-c4ccccc4)c3=O)n2)cc1. The van der Waals surface area contributed by atoms with Crippen LogP contribution in [-0.2, 0) is 11.8 Å². The van der Waals surface area contributed by atoms with Crippen LogP contribution in [0.4, 0.5) is 5.69 Å². The molecule has 0 saturated carbocycles. The molecule has 3 aromatic carbocycles. The maximum atomic E-state index is 13.2. The second-order valence-electron chi connectivity index (χ2n) is 10.0. The predicted octanol–water partition coefficient (Wildman–Crippen LogP) is 6.52. The molecule has 2 aromatic heterocycles. The van der Waals surface area contributed by atoms with E-state index in [4.69, 9.17) is 9.72 Å². The molecule has 0 radical (unpaired) electrons. The van der Waals surface area contributed by atoms with Crippen LogP contribution in [-0.4, -0.2) is 33.1 Å². The average molecular weight is 590 g/mol. The van der Waals surface area contributed by atoms with E-state index in [1.165, 1.54) is 16.4 Å². The molecule has 0 spiro atoms.